The molecule has 1 heterocycles. The molecule has 0 bridgehead atoms. The number of carbonyl (C=O) groups excluding carboxylic acids is 1. The molecule has 0 aliphatic carbocycles. The first-order valence-corrected chi connectivity index (χ1v) is 7.84. The number of rotatable bonds is 2. The van der Waals surface area contributed by atoms with Gasteiger partial charge in [0.25, 0.3) is 0 Å². The van der Waals surface area contributed by atoms with Crippen LogP contribution in [0.4, 0.5) is 4.79 Å². The van der Waals surface area contributed by atoms with Crippen LogP contribution in [0.3, 0.4) is 0 Å². The minimum atomic E-state index is -3.06. The van der Waals surface area contributed by atoms with E-state index in [0.717, 1.165) is 0 Å². The van der Waals surface area contributed by atoms with Crippen LogP contribution in [0, 0.1) is 5.41 Å². The van der Waals surface area contributed by atoms with Gasteiger partial charge < -0.3 is 15.3 Å². The number of urea groups is 1. The summed E-state index contributed by atoms with van der Waals surface area (Å²) in [6.45, 7) is 5.35. The maximum absolute atomic E-state index is 11.9. The van der Waals surface area contributed by atoms with Gasteiger partial charge in [-0.1, -0.05) is 20.8 Å². The number of amides is 2. The lowest BCUT2D eigenvalue weighted by Gasteiger charge is -2.32. The van der Waals surface area contributed by atoms with Gasteiger partial charge in [-0.2, -0.15) is 0 Å². The van der Waals surface area contributed by atoms with Crippen LogP contribution in [-0.2, 0) is 14.6 Å². The molecule has 1 aliphatic rings. The van der Waals surface area contributed by atoms with Crippen molar-refractivity contribution in [2.75, 3.05) is 24.6 Å². The summed E-state index contributed by atoms with van der Waals surface area (Å²) in [5.74, 6) is -1.26. The zero-order valence-corrected chi connectivity index (χ0v) is 12.2. The minimum Gasteiger partial charge on any atom is -0.480 e. The van der Waals surface area contributed by atoms with Crippen LogP contribution in [0.2, 0.25) is 0 Å². The number of carboxylic acid groups (broad SMARTS) is 1. The SMILES string of the molecule is CC(C)(C)[C@H](NC(=O)N1CCS(=O)(=O)CC1)C(=O)O. The van der Waals surface area contributed by atoms with Crippen molar-refractivity contribution in [1.29, 1.82) is 0 Å². The minimum absolute atomic E-state index is 0.0757. The van der Waals surface area contributed by atoms with Crippen LogP contribution in [0.25, 0.3) is 0 Å². The van der Waals surface area contributed by atoms with E-state index in [1.807, 2.05) is 0 Å². The zero-order valence-electron chi connectivity index (χ0n) is 11.3. The van der Waals surface area contributed by atoms with Crippen LogP contribution in [0.1, 0.15) is 20.8 Å². The first kappa shape index (κ1) is 15.7. The molecule has 0 unspecified atom stereocenters. The lowest BCUT2D eigenvalue weighted by atomic mass is 9.87. The second kappa shape index (κ2) is 5.36. The fourth-order valence-electron chi connectivity index (χ4n) is 1.78. The van der Waals surface area contributed by atoms with Crippen molar-refractivity contribution in [1.82, 2.24) is 10.2 Å². The number of carboxylic acids is 1. The number of nitrogens with one attached hydrogen (secondary N) is 1. The summed E-state index contributed by atoms with van der Waals surface area (Å²) >= 11 is 0. The predicted molar refractivity (Wildman–Crippen MR) is 69.6 cm³/mol. The highest BCUT2D eigenvalue weighted by Gasteiger charge is 2.34. The number of aliphatic carboxylic acids is 1. The Hall–Kier alpha value is -1.31. The summed E-state index contributed by atoms with van der Waals surface area (Å²) in [6, 6.07) is -1.55. The van der Waals surface area contributed by atoms with Crippen LogP contribution in [-0.4, -0.2) is 61.1 Å². The average molecular weight is 292 g/mol. The largest absolute Gasteiger partial charge is 0.480 e. The number of hydrogen-bond acceptors (Lipinski definition) is 4. The maximum Gasteiger partial charge on any atom is 0.326 e. The van der Waals surface area contributed by atoms with E-state index in [1.165, 1.54) is 4.90 Å². The molecule has 8 heteroatoms. The van der Waals surface area contributed by atoms with Gasteiger partial charge in [-0.15, -0.1) is 0 Å². The molecule has 1 rings (SSSR count). The van der Waals surface area contributed by atoms with E-state index >= 15 is 0 Å². The smallest absolute Gasteiger partial charge is 0.326 e. The standard InChI is InChI=1S/C11H20N2O5S/c1-11(2,3)8(9(14)15)12-10(16)13-4-6-19(17,18)7-5-13/h8H,4-7H2,1-3H3,(H,12,16)(H,14,15)/t8-/m1/s1. The van der Waals surface area contributed by atoms with Gasteiger partial charge in [0.1, 0.15) is 6.04 Å². The molecule has 2 amide bonds. The lowest BCUT2D eigenvalue weighted by molar-refractivity contribution is -0.142. The van der Waals surface area contributed by atoms with Crippen molar-refractivity contribution in [3.63, 3.8) is 0 Å². The summed E-state index contributed by atoms with van der Waals surface area (Å²) in [4.78, 5) is 24.4. The number of carbonyl (C=O) groups is 2. The van der Waals surface area contributed by atoms with E-state index in [0.29, 0.717) is 0 Å². The Labute approximate surface area is 112 Å². The molecule has 1 atom stereocenters. The molecule has 1 saturated heterocycles. The number of nitrogens with zero attached hydrogens (tertiary/aromatic N) is 1. The average Bonchev–Trinajstić information content (AvgIpc) is 2.23. The summed E-state index contributed by atoms with van der Waals surface area (Å²) < 4.78 is 22.5. The third-order valence-electron chi connectivity index (χ3n) is 3.01. The molecule has 0 radical (unpaired) electrons. The Morgan fingerprint density at radius 2 is 1.68 bits per heavy atom. The van der Waals surface area contributed by atoms with E-state index in [-0.39, 0.29) is 24.6 Å². The van der Waals surface area contributed by atoms with Crippen molar-refractivity contribution in [3.8, 4) is 0 Å². The monoisotopic (exact) mass is 292 g/mol. The second-order valence-corrected chi connectivity index (χ2v) is 8.03. The molecule has 7 nitrogen and oxygen atoms in total. The Kier molecular flexibility index (Phi) is 4.44. The summed E-state index contributed by atoms with van der Waals surface area (Å²) in [5.41, 5.74) is -0.622. The van der Waals surface area contributed by atoms with Crippen molar-refractivity contribution in [2.45, 2.75) is 26.8 Å². The molecule has 1 aliphatic heterocycles. The molecule has 19 heavy (non-hydrogen) atoms. The lowest BCUT2D eigenvalue weighted by Crippen LogP contribution is -2.55. The Morgan fingerprint density at radius 1 is 1.21 bits per heavy atom. The van der Waals surface area contributed by atoms with E-state index in [9.17, 15) is 18.0 Å². The van der Waals surface area contributed by atoms with Crippen molar-refractivity contribution in [2.24, 2.45) is 5.41 Å². The fraction of sp³-hybridized carbons (Fsp3) is 0.818. The molecule has 2 N–H and O–H groups in total. The predicted octanol–water partition coefficient (Wildman–Crippen LogP) is -0.0743. The molecule has 110 valence electrons. The molecule has 0 aromatic heterocycles. The van der Waals surface area contributed by atoms with Crippen molar-refractivity contribution in [3.05, 3.63) is 0 Å². The van der Waals surface area contributed by atoms with Gasteiger partial charge in [0.15, 0.2) is 9.84 Å². The normalized spacial score (nSPS) is 20.7. The highest BCUT2D eigenvalue weighted by molar-refractivity contribution is 7.91. The number of hydrogen-bond donors (Lipinski definition) is 2. The fourth-order valence-corrected chi connectivity index (χ4v) is 2.98. The molecule has 0 aromatic rings. The van der Waals surface area contributed by atoms with Crippen LogP contribution in [0.5, 0.6) is 0 Å². The van der Waals surface area contributed by atoms with Gasteiger partial charge in [0, 0.05) is 13.1 Å². The highest BCUT2D eigenvalue weighted by atomic mass is 32.2. The molecule has 1 fully saturated rings. The molecule has 0 aromatic carbocycles. The Morgan fingerprint density at radius 3 is 2.05 bits per heavy atom. The topological polar surface area (TPSA) is 104 Å². The van der Waals surface area contributed by atoms with E-state index in [4.69, 9.17) is 5.11 Å². The zero-order chi connectivity index (χ0) is 14.8. The summed E-state index contributed by atoms with van der Waals surface area (Å²) in [5, 5.41) is 11.6. The Balaban J connectivity index is 2.67. The molecule has 0 spiro atoms. The van der Waals surface area contributed by atoms with Gasteiger partial charge in [-0.25, -0.2) is 18.0 Å². The van der Waals surface area contributed by atoms with Gasteiger partial charge in [-0.05, 0) is 5.41 Å². The van der Waals surface area contributed by atoms with E-state index in [1.54, 1.807) is 20.8 Å². The third-order valence-corrected chi connectivity index (χ3v) is 4.62. The molecular weight excluding hydrogens is 272 g/mol. The van der Waals surface area contributed by atoms with Crippen LogP contribution < -0.4 is 5.32 Å². The number of sulfone groups is 1. The summed E-state index contributed by atoms with van der Waals surface area (Å²) in [7, 11) is -3.06. The maximum atomic E-state index is 11.9. The van der Waals surface area contributed by atoms with Crippen LogP contribution in [0.15, 0.2) is 0 Å². The first-order valence-electron chi connectivity index (χ1n) is 6.01. The van der Waals surface area contributed by atoms with Gasteiger partial charge in [-0.3, -0.25) is 0 Å². The second-order valence-electron chi connectivity index (χ2n) is 5.73. The molecule has 0 saturated carbocycles. The quantitative estimate of drug-likeness (QED) is 0.741. The first-order chi connectivity index (χ1) is 8.53. The Bertz CT molecular complexity index is 452. The highest BCUT2D eigenvalue weighted by Crippen LogP contribution is 2.19. The van der Waals surface area contributed by atoms with Crippen molar-refractivity contribution < 1.29 is 23.1 Å². The van der Waals surface area contributed by atoms with Gasteiger partial charge >= 0.3 is 12.0 Å². The molecular formula is C11H20N2O5S. The van der Waals surface area contributed by atoms with E-state index in [2.05, 4.69) is 5.32 Å². The van der Waals surface area contributed by atoms with Crippen molar-refractivity contribution >= 4 is 21.8 Å². The summed E-state index contributed by atoms with van der Waals surface area (Å²) in [6.07, 6.45) is 0. The van der Waals surface area contributed by atoms with Gasteiger partial charge in [0.2, 0.25) is 0 Å². The van der Waals surface area contributed by atoms with Gasteiger partial charge in [0.05, 0.1) is 11.5 Å². The van der Waals surface area contributed by atoms with E-state index < -0.39 is 33.3 Å². The van der Waals surface area contributed by atoms with Crippen LogP contribution >= 0.6 is 0 Å². The third kappa shape index (κ3) is 4.38.